The molecule has 0 aliphatic heterocycles. The van der Waals surface area contributed by atoms with Crippen LogP contribution >= 0.6 is 15.9 Å². The average Bonchev–Trinajstić information content (AvgIpc) is 2.85. The molecule has 2 N–H and O–H groups in total. The molecule has 3 rings (SSSR count). The molecule has 3 aromatic carbocycles. The number of amides is 2. The van der Waals surface area contributed by atoms with E-state index >= 15 is 0 Å². The number of rotatable bonds is 10. The Bertz CT molecular complexity index is 1220. The number of anilines is 1. The van der Waals surface area contributed by atoms with Crippen LogP contribution < -0.4 is 15.4 Å². The van der Waals surface area contributed by atoms with Crippen molar-refractivity contribution in [1.29, 1.82) is 0 Å². The molecular formula is C26H24BrN3O5. The number of non-ortho nitro benzene ring substituents is 1. The van der Waals surface area contributed by atoms with Gasteiger partial charge in [-0.25, -0.2) is 0 Å². The molecule has 0 aliphatic carbocycles. The minimum absolute atomic E-state index is 0.0212. The Morgan fingerprint density at radius 1 is 1.06 bits per heavy atom. The highest BCUT2D eigenvalue weighted by Gasteiger charge is 2.16. The SMILES string of the molecule is CCCCOc1ccc(C(=O)NC(=Cc2ccc(Br)cc2)C(=O)Nc2cccc([N+](=O)[O-])c2)cc1. The third-order valence-corrected chi connectivity index (χ3v) is 5.40. The zero-order chi connectivity index (χ0) is 25.2. The summed E-state index contributed by atoms with van der Waals surface area (Å²) in [6.45, 7) is 2.67. The van der Waals surface area contributed by atoms with Crippen molar-refractivity contribution in [2.45, 2.75) is 19.8 Å². The van der Waals surface area contributed by atoms with E-state index in [-0.39, 0.29) is 17.1 Å². The highest BCUT2D eigenvalue weighted by atomic mass is 79.9. The van der Waals surface area contributed by atoms with Gasteiger partial charge >= 0.3 is 0 Å². The maximum absolute atomic E-state index is 13.0. The number of nitro benzene ring substituents is 1. The number of halogens is 1. The zero-order valence-electron chi connectivity index (χ0n) is 19.0. The Hall–Kier alpha value is -3.98. The van der Waals surface area contributed by atoms with E-state index in [2.05, 4.69) is 33.5 Å². The average molecular weight is 538 g/mol. The van der Waals surface area contributed by atoms with Gasteiger partial charge < -0.3 is 15.4 Å². The van der Waals surface area contributed by atoms with Crippen LogP contribution in [0.15, 0.2) is 83.0 Å². The zero-order valence-corrected chi connectivity index (χ0v) is 20.6. The van der Waals surface area contributed by atoms with Crippen molar-refractivity contribution in [3.05, 3.63) is 104 Å². The minimum Gasteiger partial charge on any atom is -0.494 e. The van der Waals surface area contributed by atoms with E-state index < -0.39 is 16.7 Å². The Kier molecular flexibility index (Phi) is 9.14. The standard InChI is InChI=1S/C26H24BrN3O5/c1-2-3-15-35-23-13-9-19(10-14-23)25(31)29-24(16-18-7-11-20(27)12-8-18)26(32)28-21-5-4-6-22(17-21)30(33)34/h4-14,16-17H,2-3,15H2,1H3,(H,28,32)(H,29,31). The Morgan fingerprint density at radius 3 is 2.43 bits per heavy atom. The van der Waals surface area contributed by atoms with Gasteiger partial charge in [0.2, 0.25) is 0 Å². The summed E-state index contributed by atoms with van der Waals surface area (Å²) < 4.78 is 6.49. The maximum Gasteiger partial charge on any atom is 0.272 e. The first kappa shape index (κ1) is 25.6. The lowest BCUT2D eigenvalue weighted by atomic mass is 10.1. The van der Waals surface area contributed by atoms with Crippen LogP contribution in [0.2, 0.25) is 0 Å². The molecule has 180 valence electrons. The summed E-state index contributed by atoms with van der Waals surface area (Å²) in [4.78, 5) is 36.4. The summed E-state index contributed by atoms with van der Waals surface area (Å²) in [5.41, 5.74) is 1.07. The maximum atomic E-state index is 13.0. The van der Waals surface area contributed by atoms with E-state index in [9.17, 15) is 19.7 Å². The van der Waals surface area contributed by atoms with Crippen molar-refractivity contribution in [2.24, 2.45) is 0 Å². The van der Waals surface area contributed by atoms with Crippen LogP contribution in [-0.2, 0) is 4.79 Å². The van der Waals surface area contributed by atoms with Crippen LogP contribution in [0.3, 0.4) is 0 Å². The van der Waals surface area contributed by atoms with Crippen LogP contribution in [0.4, 0.5) is 11.4 Å². The Balaban J connectivity index is 1.81. The first-order valence-electron chi connectivity index (χ1n) is 10.9. The molecule has 0 unspecified atom stereocenters. The molecule has 0 spiro atoms. The van der Waals surface area contributed by atoms with Crippen LogP contribution in [0.25, 0.3) is 6.08 Å². The first-order chi connectivity index (χ1) is 16.9. The highest BCUT2D eigenvalue weighted by Crippen LogP contribution is 2.19. The fourth-order valence-electron chi connectivity index (χ4n) is 3.01. The lowest BCUT2D eigenvalue weighted by Gasteiger charge is -2.12. The topological polar surface area (TPSA) is 111 Å². The molecule has 3 aromatic rings. The molecule has 0 fully saturated rings. The molecule has 0 atom stereocenters. The largest absolute Gasteiger partial charge is 0.494 e. The Morgan fingerprint density at radius 2 is 1.77 bits per heavy atom. The van der Waals surface area contributed by atoms with Gasteiger partial charge in [0, 0.05) is 27.9 Å². The smallest absolute Gasteiger partial charge is 0.272 e. The molecule has 0 saturated heterocycles. The van der Waals surface area contributed by atoms with Gasteiger partial charge in [0.15, 0.2) is 0 Å². The molecule has 0 bridgehead atoms. The molecule has 9 heteroatoms. The number of carbonyl (C=O) groups is 2. The molecule has 0 aromatic heterocycles. The van der Waals surface area contributed by atoms with Crippen molar-refractivity contribution in [3.63, 3.8) is 0 Å². The van der Waals surface area contributed by atoms with Gasteiger partial charge in [-0.15, -0.1) is 0 Å². The molecule has 0 radical (unpaired) electrons. The monoisotopic (exact) mass is 537 g/mol. The fourth-order valence-corrected chi connectivity index (χ4v) is 3.28. The van der Waals surface area contributed by atoms with Crippen molar-refractivity contribution in [1.82, 2.24) is 5.32 Å². The number of hydrogen-bond acceptors (Lipinski definition) is 5. The second-order valence-electron chi connectivity index (χ2n) is 7.55. The van der Waals surface area contributed by atoms with Crippen LogP contribution in [-0.4, -0.2) is 23.3 Å². The Labute approximate surface area is 211 Å². The van der Waals surface area contributed by atoms with E-state index in [0.717, 1.165) is 17.3 Å². The molecule has 0 saturated carbocycles. The number of ether oxygens (including phenoxy) is 1. The molecule has 35 heavy (non-hydrogen) atoms. The number of unbranched alkanes of at least 4 members (excludes halogenated alkanes) is 1. The molecule has 0 aliphatic rings. The van der Waals surface area contributed by atoms with Crippen molar-refractivity contribution in [3.8, 4) is 5.75 Å². The second kappa shape index (κ2) is 12.5. The fraction of sp³-hybridized carbons (Fsp3) is 0.154. The van der Waals surface area contributed by atoms with Gasteiger partial charge in [0.1, 0.15) is 11.4 Å². The summed E-state index contributed by atoms with van der Waals surface area (Å²) in [6.07, 6.45) is 3.48. The van der Waals surface area contributed by atoms with Gasteiger partial charge in [-0.2, -0.15) is 0 Å². The molecule has 2 amide bonds. The number of hydrogen-bond donors (Lipinski definition) is 2. The summed E-state index contributed by atoms with van der Waals surface area (Å²) >= 11 is 3.36. The van der Waals surface area contributed by atoms with Crippen LogP contribution in [0.1, 0.15) is 35.7 Å². The molecule has 8 nitrogen and oxygen atoms in total. The molecular weight excluding hydrogens is 514 g/mol. The van der Waals surface area contributed by atoms with Gasteiger partial charge in [0.05, 0.1) is 11.5 Å². The van der Waals surface area contributed by atoms with Crippen molar-refractivity contribution in [2.75, 3.05) is 11.9 Å². The summed E-state index contributed by atoms with van der Waals surface area (Å²) in [5.74, 6) is -0.451. The van der Waals surface area contributed by atoms with Crippen molar-refractivity contribution >= 4 is 45.2 Å². The lowest BCUT2D eigenvalue weighted by molar-refractivity contribution is -0.384. The van der Waals surface area contributed by atoms with Gasteiger partial charge in [0.25, 0.3) is 17.5 Å². The van der Waals surface area contributed by atoms with Gasteiger partial charge in [-0.3, -0.25) is 19.7 Å². The van der Waals surface area contributed by atoms with Crippen molar-refractivity contribution < 1.29 is 19.2 Å². The number of nitrogens with zero attached hydrogens (tertiary/aromatic N) is 1. The number of nitro groups is 1. The minimum atomic E-state index is -0.624. The van der Waals surface area contributed by atoms with E-state index in [1.54, 1.807) is 48.5 Å². The predicted molar refractivity (Wildman–Crippen MR) is 138 cm³/mol. The summed E-state index contributed by atoms with van der Waals surface area (Å²) in [5, 5.41) is 16.3. The third-order valence-electron chi connectivity index (χ3n) is 4.87. The quantitative estimate of drug-likeness (QED) is 0.144. The highest BCUT2D eigenvalue weighted by molar-refractivity contribution is 9.10. The van der Waals surface area contributed by atoms with Gasteiger partial charge in [-0.05, 0) is 60.5 Å². The number of benzene rings is 3. The normalized spacial score (nSPS) is 11.0. The summed E-state index contributed by atoms with van der Waals surface area (Å²) in [7, 11) is 0. The van der Waals surface area contributed by atoms with E-state index in [1.807, 2.05) is 0 Å². The second-order valence-corrected chi connectivity index (χ2v) is 8.47. The summed E-state index contributed by atoms with van der Waals surface area (Å²) in [6, 6.07) is 19.4. The first-order valence-corrected chi connectivity index (χ1v) is 11.7. The van der Waals surface area contributed by atoms with Gasteiger partial charge in [-0.1, -0.05) is 47.5 Å². The number of nitrogens with one attached hydrogen (secondary N) is 2. The molecule has 0 heterocycles. The lowest BCUT2D eigenvalue weighted by Crippen LogP contribution is -2.30. The van der Waals surface area contributed by atoms with E-state index in [0.29, 0.717) is 23.5 Å². The van der Waals surface area contributed by atoms with E-state index in [4.69, 9.17) is 4.74 Å². The van der Waals surface area contributed by atoms with Crippen LogP contribution in [0.5, 0.6) is 5.75 Å². The number of carbonyl (C=O) groups excluding carboxylic acids is 2. The van der Waals surface area contributed by atoms with Crippen LogP contribution in [0, 0.1) is 10.1 Å². The van der Waals surface area contributed by atoms with E-state index in [1.165, 1.54) is 30.3 Å². The predicted octanol–water partition coefficient (Wildman–Crippen LogP) is 5.95. The third kappa shape index (κ3) is 7.79.